The zero-order valence-corrected chi connectivity index (χ0v) is 15.4. The maximum absolute atomic E-state index is 12.7. The molecule has 2 rings (SSSR count). The van der Waals surface area contributed by atoms with E-state index >= 15 is 0 Å². The molecular formula is C18H25NO7. The van der Waals surface area contributed by atoms with E-state index in [1.54, 1.807) is 6.07 Å². The molecule has 0 bridgehead atoms. The first-order valence-electron chi connectivity index (χ1n) is 8.33. The summed E-state index contributed by atoms with van der Waals surface area (Å²) < 4.78 is 21.2. The van der Waals surface area contributed by atoms with E-state index in [4.69, 9.17) is 24.4 Å². The monoisotopic (exact) mass is 367 g/mol. The third-order valence-corrected chi connectivity index (χ3v) is 4.12. The molecule has 0 saturated carbocycles. The first-order chi connectivity index (χ1) is 12.0. The van der Waals surface area contributed by atoms with E-state index in [1.807, 2.05) is 20.8 Å². The summed E-state index contributed by atoms with van der Waals surface area (Å²) in [5.74, 6) is -2.11. The maximum atomic E-state index is 12.7. The molecule has 26 heavy (non-hydrogen) atoms. The number of esters is 1. The Kier molecular flexibility index (Phi) is 5.87. The number of ether oxygens (including phenoxy) is 3. The van der Waals surface area contributed by atoms with Crippen LogP contribution in [0.3, 0.4) is 0 Å². The predicted octanol–water partition coefficient (Wildman–Crippen LogP) is 1.36. The highest BCUT2D eigenvalue weighted by atomic mass is 16.6. The zero-order chi connectivity index (χ0) is 19.5. The minimum absolute atomic E-state index is 0.147. The van der Waals surface area contributed by atoms with E-state index in [1.165, 1.54) is 19.5 Å². The summed E-state index contributed by atoms with van der Waals surface area (Å²) in [6.45, 7) is 7.00. The molecule has 2 heterocycles. The van der Waals surface area contributed by atoms with Gasteiger partial charge in [-0.3, -0.25) is 9.59 Å². The Morgan fingerprint density at radius 2 is 2.12 bits per heavy atom. The lowest BCUT2D eigenvalue weighted by molar-refractivity contribution is -0.177. The molecule has 1 fully saturated rings. The summed E-state index contributed by atoms with van der Waals surface area (Å²) in [4.78, 5) is 36.3. The molecular weight excluding hydrogens is 342 g/mol. The normalized spacial score (nSPS) is 24.5. The zero-order valence-electron chi connectivity index (χ0n) is 15.4. The van der Waals surface area contributed by atoms with E-state index < -0.39 is 35.5 Å². The SMILES string of the molecule is CC(C)(C)CC(OCc1ccoc1)C(=O)OC1C(=O)COC1(C)C(N)=O. The van der Waals surface area contributed by atoms with Crippen LogP contribution in [0.15, 0.2) is 23.0 Å². The quantitative estimate of drug-likeness (QED) is 0.723. The van der Waals surface area contributed by atoms with Crippen LogP contribution in [-0.4, -0.2) is 42.1 Å². The fourth-order valence-corrected chi connectivity index (χ4v) is 2.59. The second-order valence-corrected chi connectivity index (χ2v) is 7.74. The van der Waals surface area contributed by atoms with Gasteiger partial charge in [0, 0.05) is 5.56 Å². The van der Waals surface area contributed by atoms with Gasteiger partial charge in [-0.2, -0.15) is 0 Å². The molecule has 1 aromatic heterocycles. The third kappa shape index (κ3) is 4.70. The summed E-state index contributed by atoms with van der Waals surface area (Å²) in [6.07, 6.45) is 1.07. The van der Waals surface area contributed by atoms with Crippen LogP contribution in [0, 0.1) is 5.41 Å². The highest BCUT2D eigenvalue weighted by molar-refractivity contribution is 5.99. The van der Waals surface area contributed by atoms with Gasteiger partial charge in [0.1, 0.15) is 6.61 Å². The van der Waals surface area contributed by atoms with Crippen molar-refractivity contribution < 1.29 is 33.0 Å². The Morgan fingerprint density at radius 1 is 1.42 bits per heavy atom. The van der Waals surface area contributed by atoms with Crippen LogP contribution >= 0.6 is 0 Å². The van der Waals surface area contributed by atoms with E-state index in [0.717, 1.165) is 5.56 Å². The van der Waals surface area contributed by atoms with Gasteiger partial charge in [0.2, 0.25) is 5.78 Å². The molecule has 2 N–H and O–H groups in total. The molecule has 0 aliphatic carbocycles. The van der Waals surface area contributed by atoms with Gasteiger partial charge in [0.25, 0.3) is 5.91 Å². The van der Waals surface area contributed by atoms with Crippen molar-refractivity contribution in [2.45, 2.75) is 58.5 Å². The topological polar surface area (TPSA) is 118 Å². The largest absolute Gasteiger partial charge is 0.472 e. The first-order valence-corrected chi connectivity index (χ1v) is 8.33. The number of hydrogen-bond donors (Lipinski definition) is 1. The minimum atomic E-state index is -1.68. The number of hydrogen-bond acceptors (Lipinski definition) is 7. The smallest absolute Gasteiger partial charge is 0.336 e. The molecule has 1 amide bonds. The lowest BCUT2D eigenvalue weighted by Crippen LogP contribution is -2.53. The van der Waals surface area contributed by atoms with Gasteiger partial charge in [0.05, 0.1) is 19.1 Å². The van der Waals surface area contributed by atoms with Gasteiger partial charge >= 0.3 is 5.97 Å². The molecule has 1 aliphatic rings. The van der Waals surface area contributed by atoms with E-state index in [0.29, 0.717) is 6.42 Å². The molecule has 8 nitrogen and oxygen atoms in total. The molecule has 0 spiro atoms. The lowest BCUT2D eigenvalue weighted by atomic mass is 9.89. The van der Waals surface area contributed by atoms with Crippen molar-refractivity contribution in [3.63, 3.8) is 0 Å². The van der Waals surface area contributed by atoms with Gasteiger partial charge < -0.3 is 24.4 Å². The number of nitrogens with two attached hydrogens (primary N) is 1. The van der Waals surface area contributed by atoms with Crippen molar-refractivity contribution >= 4 is 17.7 Å². The first kappa shape index (κ1) is 20.1. The number of carbonyl (C=O) groups is 3. The summed E-state index contributed by atoms with van der Waals surface area (Å²) in [6, 6.07) is 1.72. The molecule has 144 valence electrons. The highest BCUT2D eigenvalue weighted by Crippen LogP contribution is 2.29. The number of amides is 1. The molecule has 1 aromatic rings. The maximum Gasteiger partial charge on any atom is 0.336 e. The lowest BCUT2D eigenvalue weighted by Gasteiger charge is -2.29. The molecule has 8 heteroatoms. The van der Waals surface area contributed by atoms with Crippen molar-refractivity contribution in [2.24, 2.45) is 11.1 Å². The van der Waals surface area contributed by atoms with Crippen LogP contribution in [0.4, 0.5) is 0 Å². The second-order valence-electron chi connectivity index (χ2n) is 7.74. The Labute approximate surface area is 151 Å². The van der Waals surface area contributed by atoms with Crippen LogP contribution < -0.4 is 5.73 Å². The average Bonchev–Trinajstić information content (AvgIpc) is 3.14. The Balaban J connectivity index is 2.11. The van der Waals surface area contributed by atoms with Gasteiger partial charge in [-0.15, -0.1) is 0 Å². The van der Waals surface area contributed by atoms with Gasteiger partial charge in [-0.05, 0) is 24.8 Å². The fraction of sp³-hybridized carbons (Fsp3) is 0.611. The molecule has 0 radical (unpaired) electrons. The van der Waals surface area contributed by atoms with E-state index in [2.05, 4.69) is 0 Å². The number of rotatable bonds is 7. The van der Waals surface area contributed by atoms with Crippen LogP contribution in [0.5, 0.6) is 0 Å². The number of furan rings is 1. The highest BCUT2D eigenvalue weighted by Gasteiger charge is 2.54. The molecule has 0 aromatic carbocycles. The number of primary amides is 1. The third-order valence-electron chi connectivity index (χ3n) is 4.12. The summed E-state index contributed by atoms with van der Waals surface area (Å²) in [5, 5.41) is 0. The van der Waals surface area contributed by atoms with Gasteiger partial charge in [0.15, 0.2) is 17.8 Å². The predicted molar refractivity (Wildman–Crippen MR) is 89.8 cm³/mol. The van der Waals surface area contributed by atoms with Crippen molar-refractivity contribution in [1.29, 1.82) is 0 Å². The van der Waals surface area contributed by atoms with Crippen LogP contribution in [0.1, 0.15) is 39.7 Å². The molecule has 3 atom stereocenters. The number of carbonyl (C=O) groups excluding carboxylic acids is 3. The van der Waals surface area contributed by atoms with Gasteiger partial charge in [-0.25, -0.2) is 4.79 Å². The fourth-order valence-electron chi connectivity index (χ4n) is 2.59. The van der Waals surface area contributed by atoms with Crippen molar-refractivity contribution in [3.05, 3.63) is 24.2 Å². The van der Waals surface area contributed by atoms with Crippen molar-refractivity contribution in [3.8, 4) is 0 Å². The van der Waals surface area contributed by atoms with Crippen molar-refractivity contribution in [2.75, 3.05) is 6.61 Å². The van der Waals surface area contributed by atoms with Crippen LogP contribution in [0.2, 0.25) is 0 Å². The van der Waals surface area contributed by atoms with E-state index in [-0.39, 0.29) is 18.6 Å². The Bertz CT molecular complexity index is 662. The number of Topliss-reactive ketones (excluding diaryl/α,β-unsaturated/α-hetero) is 1. The second kappa shape index (κ2) is 7.59. The summed E-state index contributed by atoms with van der Waals surface area (Å²) in [7, 11) is 0. The molecule has 3 unspecified atom stereocenters. The average molecular weight is 367 g/mol. The standard InChI is InChI=1S/C18H25NO7/c1-17(2,3)7-13(24-9-11-5-6-23-8-11)15(21)26-14-12(20)10-25-18(14,4)16(19)22/h5-6,8,13-14H,7,9-10H2,1-4H3,(H2,19,22). The Hall–Kier alpha value is -2.19. The van der Waals surface area contributed by atoms with Crippen molar-refractivity contribution in [1.82, 2.24) is 0 Å². The molecule has 1 saturated heterocycles. The van der Waals surface area contributed by atoms with Crippen LogP contribution in [0.25, 0.3) is 0 Å². The summed E-state index contributed by atoms with van der Waals surface area (Å²) in [5.41, 5.74) is 4.16. The summed E-state index contributed by atoms with van der Waals surface area (Å²) >= 11 is 0. The molecule has 1 aliphatic heterocycles. The van der Waals surface area contributed by atoms with E-state index in [9.17, 15) is 14.4 Å². The number of ketones is 1. The van der Waals surface area contributed by atoms with Gasteiger partial charge in [-0.1, -0.05) is 20.8 Å². The minimum Gasteiger partial charge on any atom is -0.472 e. The van der Waals surface area contributed by atoms with Crippen LogP contribution in [-0.2, 0) is 35.2 Å². The Morgan fingerprint density at radius 3 is 2.65 bits per heavy atom.